The fraction of sp³-hybridized carbons (Fsp3) is 0.467. The Hall–Kier alpha value is -1.84. The Morgan fingerprint density at radius 1 is 1.16 bits per heavy atom. The highest BCUT2D eigenvalue weighted by atomic mass is 15.3. The van der Waals surface area contributed by atoms with E-state index < -0.39 is 0 Å². The van der Waals surface area contributed by atoms with Crippen molar-refractivity contribution in [2.75, 3.05) is 5.73 Å². The van der Waals surface area contributed by atoms with Crippen molar-refractivity contribution in [1.82, 2.24) is 14.8 Å². The third kappa shape index (κ3) is 2.48. The lowest BCUT2D eigenvalue weighted by Crippen LogP contribution is -2.13. The van der Waals surface area contributed by atoms with Gasteiger partial charge in [0.25, 0.3) is 0 Å². The molecule has 4 nitrogen and oxygen atoms in total. The van der Waals surface area contributed by atoms with Crippen molar-refractivity contribution < 1.29 is 0 Å². The van der Waals surface area contributed by atoms with Gasteiger partial charge in [-0.05, 0) is 37.1 Å². The van der Waals surface area contributed by atoms with Gasteiger partial charge in [0, 0.05) is 23.7 Å². The average molecular weight is 258 g/mol. The van der Waals surface area contributed by atoms with Crippen molar-refractivity contribution in [3.63, 3.8) is 0 Å². The Balaban J connectivity index is 2.63. The first-order valence-corrected chi connectivity index (χ1v) is 6.49. The molecule has 2 N–H and O–H groups in total. The first-order chi connectivity index (χ1) is 8.70. The molecule has 0 aliphatic rings. The minimum absolute atomic E-state index is 0.0563. The molecule has 19 heavy (non-hydrogen) atoms. The molecule has 0 bridgehead atoms. The largest absolute Gasteiger partial charge is 0.399 e. The topological polar surface area (TPSA) is 56.7 Å². The Kier molecular flexibility index (Phi) is 3.12. The molecule has 1 heterocycles. The summed E-state index contributed by atoms with van der Waals surface area (Å²) in [5.41, 5.74) is 10.1. The molecule has 0 atom stereocenters. The zero-order valence-electron chi connectivity index (χ0n) is 12.6. The van der Waals surface area contributed by atoms with Crippen molar-refractivity contribution in [1.29, 1.82) is 0 Å². The van der Waals surface area contributed by atoms with Crippen LogP contribution in [-0.2, 0) is 12.5 Å². The summed E-state index contributed by atoms with van der Waals surface area (Å²) in [6, 6.07) is 3.96. The smallest absolute Gasteiger partial charge is 0.158 e. The van der Waals surface area contributed by atoms with Crippen molar-refractivity contribution in [2.45, 2.75) is 40.0 Å². The van der Waals surface area contributed by atoms with Crippen LogP contribution >= 0.6 is 0 Å². The number of nitrogen functional groups attached to an aromatic ring is 1. The molecule has 0 saturated heterocycles. The fourth-order valence-corrected chi connectivity index (χ4v) is 2.06. The first-order valence-electron chi connectivity index (χ1n) is 6.49. The van der Waals surface area contributed by atoms with Gasteiger partial charge in [-0.1, -0.05) is 20.8 Å². The zero-order valence-corrected chi connectivity index (χ0v) is 12.6. The minimum Gasteiger partial charge on any atom is -0.399 e. The normalized spacial score (nSPS) is 11.9. The third-order valence-electron chi connectivity index (χ3n) is 3.36. The molecule has 0 fully saturated rings. The second-order valence-corrected chi connectivity index (χ2v) is 6.14. The van der Waals surface area contributed by atoms with Gasteiger partial charge in [0.2, 0.25) is 0 Å². The van der Waals surface area contributed by atoms with E-state index in [-0.39, 0.29) is 5.41 Å². The van der Waals surface area contributed by atoms with E-state index in [1.807, 2.05) is 23.9 Å². The molecule has 0 spiro atoms. The lowest BCUT2D eigenvalue weighted by atomic mass is 9.96. The third-order valence-corrected chi connectivity index (χ3v) is 3.36. The number of rotatable bonds is 1. The molecule has 4 heteroatoms. The maximum atomic E-state index is 5.95. The predicted octanol–water partition coefficient (Wildman–Crippen LogP) is 2.98. The molecular weight excluding hydrogens is 236 g/mol. The quantitative estimate of drug-likeness (QED) is 0.800. The number of hydrogen-bond acceptors (Lipinski definition) is 3. The van der Waals surface area contributed by atoms with Gasteiger partial charge in [0.1, 0.15) is 0 Å². The Bertz CT molecular complexity index is 618. The highest BCUT2D eigenvalue weighted by molar-refractivity contribution is 5.67. The van der Waals surface area contributed by atoms with Crippen LogP contribution in [0.25, 0.3) is 11.4 Å². The first kappa shape index (κ1) is 13.6. The molecule has 2 aromatic rings. The number of nitrogens with zero attached hydrogens (tertiary/aromatic N) is 3. The highest BCUT2D eigenvalue weighted by Crippen LogP contribution is 2.28. The highest BCUT2D eigenvalue weighted by Gasteiger charge is 2.22. The Morgan fingerprint density at radius 2 is 1.79 bits per heavy atom. The van der Waals surface area contributed by atoms with Crippen LogP contribution in [0.4, 0.5) is 5.69 Å². The molecule has 1 aromatic carbocycles. The standard InChI is InChI=1S/C15H22N4/c1-9-7-11(16)8-12(10(9)2)13-17-14(15(3,4)5)18-19(13)6/h7-8H,16H2,1-6H3. The molecule has 0 aliphatic heterocycles. The molecule has 0 radical (unpaired) electrons. The van der Waals surface area contributed by atoms with Gasteiger partial charge in [-0.3, -0.25) is 0 Å². The van der Waals surface area contributed by atoms with Gasteiger partial charge >= 0.3 is 0 Å². The lowest BCUT2D eigenvalue weighted by molar-refractivity contribution is 0.538. The van der Waals surface area contributed by atoms with Crippen LogP contribution in [0.2, 0.25) is 0 Å². The molecule has 0 amide bonds. The Morgan fingerprint density at radius 3 is 2.32 bits per heavy atom. The van der Waals surface area contributed by atoms with E-state index in [4.69, 9.17) is 10.7 Å². The molecular formula is C15H22N4. The maximum absolute atomic E-state index is 5.95. The molecule has 2 rings (SSSR count). The van der Waals surface area contributed by atoms with Crippen LogP contribution in [0, 0.1) is 13.8 Å². The fourth-order valence-electron chi connectivity index (χ4n) is 2.06. The van der Waals surface area contributed by atoms with Gasteiger partial charge in [-0.15, -0.1) is 0 Å². The predicted molar refractivity (Wildman–Crippen MR) is 79.0 cm³/mol. The van der Waals surface area contributed by atoms with E-state index in [0.29, 0.717) is 0 Å². The number of benzene rings is 1. The summed E-state index contributed by atoms with van der Waals surface area (Å²) in [6.45, 7) is 10.5. The molecule has 0 unspecified atom stereocenters. The second kappa shape index (κ2) is 4.37. The summed E-state index contributed by atoms with van der Waals surface area (Å²) in [7, 11) is 1.93. The number of hydrogen-bond donors (Lipinski definition) is 1. The van der Waals surface area contributed by atoms with Crippen LogP contribution in [0.5, 0.6) is 0 Å². The van der Waals surface area contributed by atoms with Gasteiger partial charge in [-0.25, -0.2) is 9.67 Å². The van der Waals surface area contributed by atoms with Gasteiger partial charge in [0.05, 0.1) is 0 Å². The molecule has 0 aliphatic carbocycles. The number of nitrogens with two attached hydrogens (primary N) is 1. The summed E-state index contributed by atoms with van der Waals surface area (Å²) < 4.78 is 1.84. The van der Waals surface area contributed by atoms with Crippen LogP contribution in [0.15, 0.2) is 12.1 Å². The zero-order chi connectivity index (χ0) is 14.4. The van der Waals surface area contributed by atoms with E-state index in [0.717, 1.165) is 22.9 Å². The van der Waals surface area contributed by atoms with Crippen molar-refractivity contribution in [2.24, 2.45) is 7.05 Å². The van der Waals surface area contributed by atoms with E-state index in [1.165, 1.54) is 11.1 Å². The number of aryl methyl sites for hydroxylation is 2. The Labute approximate surface area is 114 Å². The van der Waals surface area contributed by atoms with E-state index in [9.17, 15) is 0 Å². The summed E-state index contributed by atoms with van der Waals surface area (Å²) >= 11 is 0. The van der Waals surface area contributed by atoms with Crippen molar-refractivity contribution in [3.05, 3.63) is 29.1 Å². The van der Waals surface area contributed by atoms with Crippen LogP contribution in [0.3, 0.4) is 0 Å². The second-order valence-electron chi connectivity index (χ2n) is 6.14. The van der Waals surface area contributed by atoms with E-state index >= 15 is 0 Å². The monoisotopic (exact) mass is 258 g/mol. The molecule has 0 saturated carbocycles. The summed E-state index contributed by atoms with van der Waals surface area (Å²) in [6.07, 6.45) is 0. The summed E-state index contributed by atoms with van der Waals surface area (Å²) in [5, 5.41) is 4.52. The number of aromatic nitrogens is 3. The molecule has 102 valence electrons. The van der Waals surface area contributed by atoms with Crippen molar-refractivity contribution in [3.8, 4) is 11.4 Å². The lowest BCUT2D eigenvalue weighted by Gasteiger charge is -2.12. The molecule has 1 aromatic heterocycles. The summed E-state index contributed by atoms with van der Waals surface area (Å²) in [4.78, 5) is 4.69. The van der Waals surface area contributed by atoms with E-state index in [1.54, 1.807) is 0 Å². The SMILES string of the molecule is Cc1cc(N)cc(-c2nc(C(C)(C)C)nn2C)c1C. The van der Waals surface area contributed by atoms with Crippen LogP contribution in [0.1, 0.15) is 37.7 Å². The minimum atomic E-state index is -0.0563. The van der Waals surface area contributed by atoms with Gasteiger partial charge < -0.3 is 5.73 Å². The van der Waals surface area contributed by atoms with Crippen LogP contribution < -0.4 is 5.73 Å². The van der Waals surface area contributed by atoms with Crippen LogP contribution in [-0.4, -0.2) is 14.8 Å². The van der Waals surface area contributed by atoms with E-state index in [2.05, 4.69) is 39.7 Å². The van der Waals surface area contributed by atoms with Gasteiger partial charge in [0.15, 0.2) is 11.6 Å². The van der Waals surface area contributed by atoms with Crippen molar-refractivity contribution >= 4 is 5.69 Å². The average Bonchev–Trinajstić information content (AvgIpc) is 2.65. The van der Waals surface area contributed by atoms with Gasteiger partial charge in [-0.2, -0.15) is 5.10 Å². The summed E-state index contributed by atoms with van der Waals surface area (Å²) in [5.74, 6) is 1.72. The number of anilines is 1. The maximum Gasteiger partial charge on any atom is 0.158 e.